The van der Waals surface area contributed by atoms with E-state index in [4.69, 9.17) is 15.1 Å². The van der Waals surface area contributed by atoms with E-state index in [0.717, 1.165) is 0 Å². The van der Waals surface area contributed by atoms with Crippen LogP contribution in [0.3, 0.4) is 0 Å². The van der Waals surface area contributed by atoms with E-state index in [1.807, 2.05) is 0 Å². The molecular formula is C7H7ClO3S. The lowest BCUT2D eigenvalue weighted by molar-refractivity contribution is 0.557. The highest BCUT2D eigenvalue weighted by Gasteiger charge is 1.99. The minimum absolute atomic E-state index is 0.185. The molecule has 0 amide bonds. The predicted molar refractivity (Wildman–Crippen MR) is 47.4 cm³/mol. The minimum atomic E-state index is -3.43. The van der Waals surface area contributed by atoms with Gasteiger partial charge in [0.15, 0.2) is 0 Å². The van der Waals surface area contributed by atoms with E-state index in [1.54, 1.807) is 18.2 Å². The summed E-state index contributed by atoms with van der Waals surface area (Å²) in [6, 6.07) is 3.44. The van der Waals surface area contributed by atoms with Gasteiger partial charge in [0.05, 0.1) is 12.0 Å². The maximum atomic E-state index is 10.4. The second-order valence-corrected chi connectivity index (χ2v) is 4.94. The molecular weight excluding hydrogens is 200 g/mol. The average molecular weight is 207 g/mol. The van der Waals surface area contributed by atoms with Crippen LogP contribution in [0.15, 0.2) is 28.9 Å². The molecule has 3 nitrogen and oxygen atoms in total. The van der Waals surface area contributed by atoms with Crippen molar-refractivity contribution >= 4 is 25.8 Å². The van der Waals surface area contributed by atoms with Crippen LogP contribution in [-0.2, 0) is 9.05 Å². The number of halogens is 1. The lowest BCUT2D eigenvalue weighted by Crippen LogP contribution is -1.91. The Balaban J connectivity index is 2.54. The Labute approximate surface area is 75.1 Å². The van der Waals surface area contributed by atoms with E-state index in [-0.39, 0.29) is 5.75 Å². The molecule has 0 aliphatic rings. The first-order chi connectivity index (χ1) is 5.58. The molecule has 1 heterocycles. The second-order valence-electron chi connectivity index (χ2n) is 2.12. The highest BCUT2D eigenvalue weighted by atomic mass is 35.7. The van der Waals surface area contributed by atoms with Gasteiger partial charge in [-0.05, 0) is 18.2 Å². The van der Waals surface area contributed by atoms with Crippen LogP contribution >= 0.6 is 10.7 Å². The summed E-state index contributed by atoms with van der Waals surface area (Å²) in [4.78, 5) is 0. The molecule has 0 spiro atoms. The zero-order chi connectivity index (χ0) is 9.03. The highest BCUT2D eigenvalue weighted by Crippen LogP contribution is 2.03. The van der Waals surface area contributed by atoms with Crippen molar-refractivity contribution in [2.24, 2.45) is 0 Å². The summed E-state index contributed by atoms with van der Waals surface area (Å²) in [6.45, 7) is 0. The average Bonchev–Trinajstić information content (AvgIpc) is 2.36. The molecule has 1 aromatic heterocycles. The van der Waals surface area contributed by atoms with Crippen LogP contribution in [0.5, 0.6) is 0 Å². The van der Waals surface area contributed by atoms with Gasteiger partial charge >= 0.3 is 0 Å². The molecule has 0 fully saturated rings. The smallest absolute Gasteiger partial charge is 0.236 e. The summed E-state index contributed by atoms with van der Waals surface area (Å²) in [5.74, 6) is 0.422. The van der Waals surface area contributed by atoms with Gasteiger partial charge in [-0.1, -0.05) is 6.08 Å². The molecule has 0 atom stereocenters. The van der Waals surface area contributed by atoms with Crippen molar-refractivity contribution in [1.82, 2.24) is 0 Å². The van der Waals surface area contributed by atoms with Crippen molar-refractivity contribution in [1.29, 1.82) is 0 Å². The Hall–Kier alpha value is -0.740. The molecule has 0 N–H and O–H groups in total. The predicted octanol–water partition coefficient (Wildman–Crippen LogP) is 1.86. The molecule has 0 radical (unpaired) electrons. The lowest BCUT2D eigenvalue weighted by atomic mass is 10.4. The Morgan fingerprint density at radius 3 is 2.83 bits per heavy atom. The first-order valence-corrected chi connectivity index (χ1v) is 5.68. The van der Waals surface area contributed by atoms with Gasteiger partial charge in [0, 0.05) is 10.7 Å². The van der Waals surface area contributed by atoms with Gasteiger partial charge in [0.2, 0.25) is 9.05 Å². The van der Waals surface area contributed by atoms with Crippen LogP contribution in [-0.4, -0.2) is 14.2 Å². The van der Waals surface area contributed by atoms with E-state index < -0.39 is 9.05 Å². The maximum absolute atomic E-state index is 10.4. The van der Waals surface area contributed by atoms with E-state index in [0.29, 0.717) is 5.76 Å². The quantitative estimate of drug-likeness (QED) is 0.710. The first kappa shape index (κ1) is 9.35. The Morgan fingerprint density at radius 1 is 1.58 bits per heavy atom. The van der Waals surface area contributed by atoms with Crippen LogP contribution < -0.4 is 0 Å². The zero-order valence-corrected chi connectivity index (χ0v) is 7.68. The van der Waals surface area contributed by atoms with Crippen LogP contribution in [0, 0.1) is 0 Å². The van der Waals surface area contributed by atoms with Crippen LogP contribution in [0.4, 0.5) is 0 Å². The van der Waals surface area contributed by atoms with Gasteiger partial charge < -0.3 is 4.42 Å². The fourth-order valence-electron chi connectivity index (χ4n) is 0.665. The molecule has 1 aromatic rings. The number of hydrogen-bond acceptors (Lipinski definition) is 3. The van der Waals surface area contributed by atoms with Crippen molar-refractivity contribution in [3.8, 4) is 0 Å². The van der Waals surface area contributed by atoms with E-state index in [1.165, 1.54) is 12.3 Å². The molecule has 0 saturated heterocycles. The minimum Gasteiger partial charge on any atom is -0.465 e. The third kappa shape index (κ3) is 3.59. The van der Waals surface area contributed by atoms with Gasteiger partial charge in [-0.25, -0.2) is 8.42 Å². The zero-order valence-electron chi connectivity index (χ0n) is 6.10. The lowest BCUT2D eigenvalue weighted by Gasteiger charge is -1.85. The van der Waals surface area contributed by atoms with Crippen LogP contribution in [0.25, 0.3) is 6.08 Å². The van der Waals surface area contributed by atoms with Gasteiger partial charge in [-0.3, -0.25) is 0 Å². The highest BCUT2D eigenvalue weighted by molar-refractivity contribution is 8.13. The molecule has 5 heteroatoms. The van der Waals surface area contributed by atoms with Crippen molar-refractivity contribution < 1.29 is 12.8 Å². The van der Waals surface area contributed by atoms with E-state index in [2.05, 4.69) is 0 Å². The molecule has 0 aliphatic heterocycles. The summed E-state index contributed by atoms with van der Waals surface area (Å²) < 4.78 is 25.8. The number of rotatable bonds is 3. The molecule has 66 valence electrons. The molecule has 0 bridgehead atoms. The normalized spacial score (nSPS) is 12.4. The fraction of sp³-hybridized carbons (Fsp3) is 0.143. The summed E-state index contributed by atoms with van der Waals surface area (Å²) in [5, 5.41) is 0. The molecule has 12 heavy (non-hydrogen) atoms. The summed E-state index contributed by atoms with van der Waals surface area (Å²) in [7, 11) is 1.53. The standard InChI is InChI=1S/C7H7ClO3S/c8-12(9,10)6-2-4-7-3-1-5-11-7/h1-5H,6H2. The van der Waals surface area contributed by atoms with E-state index >= 15 is 0 Å². The van der Waals surface area contributed by atoms with Crippen molar-refractivity contribution in [3.05, 3.63) is 30.2 Å². The first-order valence-electron chi connectivity index (χ1n) is 3.20. The molecule has 0 unspecified atom stereocenters. The summed E-state index contributed by atoms with van der Waals surface area (Å²) >= 11 is 0. The fourth-order valence-corrected chi connectivity index (χ4v) is 1.21. The van der Waals surface area contributed by atoms with Crippen molar-refractivity contribution in [2.75, 3.05) is 5.75 Å². The number of furan rings is 1. The third-order valence-corrected chi connectivity index (χ3v) is 2.09. The molecule has 0 aromatic carbocycles. The third-order valence-electron chi connectivity index (χ3n) is 1.12. The monoisotopic (exact) mass is 206 g/mol. The molecule has 0 aliphatic carbocycles. The van der Waals surface area contributed by atoms with Gasteiger partial charge in [-0.15, -0.1) is 0 Å². The molecule has 1 rings (SSSR count). The largest absolute Gasteiger partial charge is 0.465 e. The van der Waals surface area contributed by atoms with Gasteiger partial charge in [0.1, 0.15) is 5.76 Å². The van der Waals surface area contributed by atoms with Gasteiger partial charge in [0.25, 0.3) is 0 Å². The SMILES string of the molecule is O=S(=O)(Cl)CC=Cc1ccco1. The maximum Gasteiger partial charge on any atom is 0.236 e. The summed E-state index contributed by atoms with van der Waals surface area (Å²) in [5.41, 5.74) is 0. The summed E-state index contributed by atoms with van der Waals surface area (Å²) in [6.07, 6.45) is 4.50. The Kier molecular flexibility index (Phi) is 2.94. The van der Waals surface area contributed by atoms with Crippen molar-refractivity contribution in [3.63, 3.8) is 0 Å². The van der Waals surface area contributed by atoms with Crippen molar-refractivity contribution in [2.45, 2.75) is 0 Å². The van der Waals surface area contributed by atoms with Gasteiger partial charge in [-0.2, -0.15) is 0 Å². The topological polar surface area (TPSA) is 47.3 Å². The van der Waals surface area contributed by atoms with E-state index in [9.17, 15) is 8.42 Å². The molecule has 0 saturated carbocycles. The number of hydrogen-bond donors (Lipinski definition) is 0. The van der Waals surface area contributed by atoms with Crippen LogP contribution in [0.2, 0.25) is 0 Å². The Bertz CT molecular complexity index is 350. The second kappa shape index (κ2) is 3.78. The Morgan fingerprint density at radius 2 is 2.33 bits per heavy atom. The van der Waals surface area contributed by atoms with Crippen LogP contribution in [0.1, 0.15) is 5.76 Å².